The van der Waals surface area contributed by atoms with E-state index < -0.39 is 6.17 Å². The van der Waals surface area contributed by atoms with Crippen LogP contribution in [0.5, 0.6) is 0 Å². The Bertz CT molecular complexity index is 1140. The molecule has 10 heteroatoms. The second kappa shape index (κ2) is 7.60. The maximum atomic E-state index is 14.2. The minimum atomic E-state index is -1.11. The van der Waals surface area contributed by atoms with Crippen LogP contribution in [0.15, 0.2) is 42.7 Å². The van der Waals surface area contributed by atoms with Crippen molar-refractivity contribution in [3.05, 3.63) is 59.7 Å². The molecule has 0 bridgehead atoms. The van der Waals surface area contributed by atoms with E-state index in [-0.39, 0.29) is 48.8 Å². The summed E-state index contributed by atoms with van der Waals surface area (Å²) in [6.45, 7) is 0.879. The van der Waals surface area contributed by atoms with Crippen LogP contribution in [0.1, 0.15) is 33.0 Å². The molecule has 0 unspecified atom stereocenters. The number of para-hydroxylation sites is 1. The zero-order valence-electron chi connectivity index (χ0n) is 17.1. The van der Waals surface area contributed by atoms with Crippen LogP contribution in [0.25, 0.3) is 0 Å². The van der Waals surface area contributed by atoms with E-state index in [1.54, 1.807) is 30.4 Å². The van der Waals surface area contributed by atoms with E-state index in [9.17, 15) is 14.0 Å². The molecule has 0 spiro atoms. The average molecular weight is 423 g/mol. The smallest absolute Gasteiger partial charge is 0.280 e. The number of benzene rings is 1. The third-order valence-electron chi connectivity index (χ3n) is 5.84. The van der Waals surface area contributed by atoms with Crippen LogP contribution in [-0.2, 0) is 20.0 Å². The van der Waals surface area contributed by atoms with Gasteiger partial charge in [-0.1, -0.05) is 23.4 Å². The van der Waals surface area contributed by atoms with Crippen LogP contribution >= 0.6 is 0 Å². The van der Waals surface area contributed by atoms with Crippen molar-refractivity contribution >= 4 is 17.5 Å². The van der Waals surface area contributed by atoms with Gasteiger partial charge in [-0.15, -0.1) is 5.10 Å². The number of aryl methyl sites for hydroxylation is 1. The monoisotopic (exact) mass is 423 g/mol. The molecule has 2 aromatic heterocycles. The number of aromatic nitrogens is 5. The molecular formula is C21H22FN7O2. The molecule has 160 valence electrons. The Morgan fingerprint density at radius 1 is 1.16 bits per heavy atom. The maximum absolute atomic E-state index is 14.2. The van der Waals surface area contributed by atoms with Gasteiger partial charge < -0.3 is 9.80 Å². The second-order valence-corrected chi connectivity index (χ2v) is 7.98. The van der Waals surface area contributed by atoms with E-state index in [0.29, 0.717) is 6.54 Å². The molecule has 3 aromatic rings. The molecule has 1 aromatic carbocycles. The largest absolute Gasteiger partial charge is 0.329 e. The van der Waals surface area contributed by atoms with E-state index in [4.69, 9.17) is 0 Å². The summed E-state index contributed by atoms with van der Waals surface area (Å²) in [5.74, 6) is -0.525. The molecule has 0 N–H and O–H groups in total. The fraction of sp³-hybridized carbons (Fsp3) is 0.381. The topological polar surface area (TPSA) is 89.2 Å². The van der Waals surface area contributed by atoms with Crippen LogP contribution in [0, 0.1) is 0 Å². The van der Waals surface area contributed by atoms with Crippen molar-refractivity contribution in [1.29, 1.82) is 0 Å². The Labute approximate surface area is 178 Å². The summed E-state index contributed by atoms with van der Waals surface area (Å²) in [5, 5.41) is 12.2. The highest BCUT2D eigenvalue weighted by Crippen LogP contribution is 2.28. The quantitative estimate of drug-likeness (QED) is 0.634. The van der Waals surface area contributed by atoms with E-state index in [1.807, 2.05) is 24.3 Å². The van der Waals surface area contributed by atoms with Gasteiger partial charge in [0.05, 0.1) is 25.3 Å². The van der Waals surface area contributed by atoms with E-state index in [0.717, 1.165) is 17.7 Å². The molecule has 0 radical (unpaired) electrons. The molecule has 4 heterocycles. The van der Waals surface area contributed by atoms with Crippen molar-refractivity contribution in [2.75, 3.05) is 18.0 Å². The standard InChI is InChI=1S/C21H22FN7O2/c1-26-8-7-17(24-26)20(30)29-11-15(22)10-16(29)12-27-13-18(23-25-27)21(31)28-9-6-14-4-2-3-5-19(14)28/h2-5,7-8,13,15-16H,6,9-12H2,1H3/t15-,16-/m0/s1. The van der Waals surface area contributed by atoms with Gasteiger partial charge in [0, 0.05) is 31.9 Å². The molecule has 2 atom stereocenters. The van der Waals surface area contributed by atoms with Crippen molar-refractivity contribution in [2.45, 2.75) is 31.6 Å². The minimum absolute atomic E-state index is 0.0190. The number of amides is 2. The van der Waals surface area contributed by atoms with E-state index >= 15 is 0 Å². The number of halogens is 1. The molecule has 2 amide bonds. The van der Waals surface area contributed by atoms with Gasteiger partial charge in [0.25, 0.3) is 11.8 Å². The van der Waals surface area contributed by atoms with Crippen molar-refractivity contribution < 1.29 is 14.0 Å². The number of alkyl halides is 1. The average Bonchev–Trinajstić information content (AvgIpc) is 3.54. The summed E-state index contributed by atoms with van der Waals surface area (Å²) in [6.07, 6.45) is 3.15. The fourth-order valence-corrected chi connectivity index (χ4v) is 4.35. The van der Waals surface area contributed by atoms with Crippen LogP contribution in [0.2, 0.25) is 0 Å². The molecule has 2 aliphatic rings. The highest BCUT2D eigenvalue weighted by atomic mass is 19.1. The number of likely N-dealkylation sites (tertiary alicyclic amines) is 1. The maximum Gasteiger partial charge on any atom is 0.280 e. The van der Waals surface area contributed by atoms with Crippen LogP contribution in [0.4, 0.5) is 10.1 Å². The van der Waals surface area contributed by atoms with Gasteiger partial charge in [-0.3, -0.25) is 14.3 Å². The van der Waals surface area contributed by atoms with Crippen LogP contribution in [-0.4, -0.2) is 66.8 Å². The van der Waals surface area contributed by atoms with Gasteiger partial charge in [-0.05, 0) is 24.1 Å². The molecule has 0 saturated carbocycles. The first kappa shape index (κ1) is 19.4. The Balaban J connectivity index is 1.31. The van der Waals surface area contributed by atoms with Gasteiger partial charge in [0.15, 0.2) is 5.69 Å². The number of anilines is 1. The lowest BCUT2D eigenvalue weighted by atomic mass is 10.2. The number of carbonyl (C=O) groups excluding carboxylic acids is 2. The van der Waals surface area contributed by atoms with Crippen LogP contribution < -0.4 is 4.90 Å². The minimum Gasteiger partial charge on any atom is -0.329 e. The van der Waals surface area contributed by atoms with Crippen molar-refractivity contribution in [3.8, 4) is 0 Å². The summed E-state index contributed by atoms with van der Waals surface area (Å²) in [4.78, 5) is 28.9. The van der Waals surface area contributed by atoms with Gasteiger partial charge in [-0.2, -0.15) is 5.10 Å². The van der Waals surface area contributed by atoms with Crippen molar-refractivity contribution in [3.63, 3.8) is 0 Å². The first-order chi connectivity index (χ1) is 15.0. The molecule has 2 aliphatic heterocycles. The molecular weight excluding hydrogens is 401 g/mol. The third-order valence-corrected chi connectivity index (χ3v) is 5.84. The predicted octanol–water partition coefficient (Wildman–Crippen LogP) is 1.47. The number of rotatable bonds is 4. The number of carbonyl (C=O) groups is 2. The van der Waals surface area contributed by atoms with Gasteiger partial charge in [0.1, 0.15) is 11.9 Å². The zero-order valence-corrected chi connectivity index (χ0v) is 17.1. The summed E-state index contributed by atoms with van der Waals surface area (Å²) in [6, 6.07) is 9.03. The number of hydrogen-bond acceptors (Lipinski definition) is 5. The lowest BCUT2D eigenvalue weighted by Gasteiger charge is -2.23. The first-order valence-corrected chi connectivity index (χ1v) is 10.2. The fourth-order valence-electron chi connectivity index (χ4n) is 4.35. The molecule has 1 fully saturated rings. The predicted molar refractivity (Wildman–Crippen MR) is 109 cm³/mol. The molecule has 31 heavy (non-hydrogen) atoms. The molecule has 5 rings (SSSR count). The third kappa shape index (κ3) is 3.58. The van der Waals surface area contributed by atoms with Crippen molar-refractivity contribution in [1.82, 2.24) is 29.7 Å². The highest BCUT2D eigenvalue weighted by molar-refractivity contribution is 6.05. The Kier molecular flexibility index (Phi) is 4.76. The van der Waals surface area contributed by atoms with Crippen molar-refractivity contribution in [2.24, 2.45) is 7.05 Å². The molecule has 0 aliphatic carbocycles. The molecule has 9 nitrogen and oxygen atoms in total. The highest BCUT2D eigenvalue weighted by Gasteiger charge is 2.37. The van der Waals surface area contributed by atoms with Gasteiger partial charge in [-0.25, -0.2) is 9.07 Å². The molecule has 1 saturated heterocycles. The Hall–Kier alpha value is -3.56. The van der Waals surface area contributed by atoms with E-state index in [1.165, 1.54) is 14.3 Å². The number of hydrogen-bond donors (Lipinski definition) is 0. The van der Waals surface area contributed by atoms with Gasteiger partial charge >= 0.3 is 0 Å². The normalized spacial score (nSPS) is 20.3. The summed E-state index contributed by atoms with van der Waals surface area (Å²) in [7, 11) is 1.73. The van der Waals surface area contributed by atoms with Crippen LogP contribution in [0.3, 0.4) is 0 Å². The van der Waals surface area contributed by atoms with E-state index in [2.05, 4.69) is 15.4 Å². The van der Waals surface area contributed by atoms with Gasteiger partial charge in [0.2, 0.25) is 0 Å². The zero-order chi connectivity index (χ0) is 21.5. The summed E-state index contributed by atoms with van der Waals surface area (Å²) in [5.41, 5.74) is 2.54. The summed E-state index contributed by atoms with van der Waals surface area (Å²) < 4.78 is 17.2. The first-order valence-electron chi connectivity index (χ1n) is 10.2. The SMILES string of the molecule is Cn1ccc(C(=O)N2C[C@@H](F)C[C@H]2Cn2cc(C(=O)N3CCc4ccccc43)nn2)n1. The number of nitrogens with zero attached hydrogens (tertiary/aromatic N) is 7. The Morgan fingerprint density at radius 2 is 2.00 bits per heavy atom. The second-order valence-electron chi connectivity index (χ2n) is 7.98. The Morgan fingerprint density at radius 3 is 2.81 bits per heavy atom. The lowest BCUT2D eigenvalue weighted by molar-refractivity contribution is 0.0707. The number of fused-ring (bicyclic) bond motifs is 1. The summed E-state index contributed by atoms with van der Waals surface area (Å²) >= 11 is 0. The lowest BCUT2D eigenvalue weighted by Crippen LogP contribution is -2.38.